The van der Waals surface area contributed by atoms with Gasteiger partial charge in [-0.1, -0.05) is 30.3 Å². The average Bonchev–Trinajstić information content (AvgIpc) is 3.23. The Labute approximate surface area is 195 Å². The lowest BCUT2D eigenvalue weighted by Gasteiger charge is -2.32. The zero-order valence-corrected chi connectivity index (χ0v) is 18.9. The van der Waals surface area contributed by atoms with Gasteiger partial charge in [-0.25, -0.2) is 13.4 Å². The van der Waals surface area contributed by atoms with Gasteiger partial charge in [0.15, 0.2) is 5.75 Å². The molecule has 1 atom stereocenters. The lowest BCUT2D eigenvalue weighted by atomic mass is 10.1. The maximum Gasteiger partial charge on any atom is 0.404 e. The molecule has 3 aromatic rings. The maximum atomic E-state index is 13.2. The highest BCUT2D eigenvalue weighted by atomic mass is 32.2. The molecule has 0 bridgehead atoms. The minimum Gasteiger partial charge on any atom is -0.364 e. The Balaban J connectivity index is 1.80. The third-order valence-corrected chi connectivity index (χ3v) is 7.48. The number of sulfonamides is 1. The SMILES string of the molecule is N#Cc1ccc2c(c1)CN(S(=O)(=O)CC(F)(F)F)[C@H](Cc1ccccc1)CN2Cc1cnc[nH]1. The first-order chi connectivity index (χ1) is 16.1. The highest BCUT2D eigenvalue weighted by Gasteiger charge is 2.42. The van der Waals surface area contributed by atoms with E-state index in [4.69, 9.17) is 0 Å². The molecule has 0 fully saturated rings. The molecule has 0 saturated heterocycles. The van der Waals surface area contributed by atoms with Crippen LogP contribution < -0.4 is 4.90 Å². The highest BCUT2D eigenvalue weighted by molar-refractivity contribution is 7.89. The number of rotatable bonds is 6. The molecular formula is C23H22F3N5O2S. The molecule has 0 radical (unpaired) electrons. The lowest BCUT2D eigenvalue weighted by molar-refractivity contribution is -0.107. The number of benzene rings is 2. The molecule has 0 saturated carbocycles. The number of hydrogen-bond donors (Lipinski definition) is 1. The number of halogens is 3. The van der Waals surface area contributed by atoms with E-state index in [2.05, 4.69) is 9.97 Å². The van der Waals surface area contributed by atoms with Crippen LogP contribution in [0, 0.1) is 11.3 Å². The molecule has 11 heteroatoms. The second-order valence-corrected chi connectivity index (χ2v) is 10.1. The maximum absolute atomic E-state index is 13.2. The van der Waals surface area contributed by atoms with E-state index in [0.717, 1.165) is 15.6 Å². The minimum absolute atomic E-state index is 0.157. The van der Waals surface area contributed by atoms with E-state index in [9.17, 15) is 26.9 Å². The Bertz CT molecular complexity index is 1270. The van der Waals surface area contributed by atoms with Crippen LogP contribution in [-0.4, -0.2) is 47.2 Å². The zero-order chi connectivity index (χ0) is 24.3. The van der Waals surface area contributed by atoms with Crippen LogP contribution in [0.5, 0.6) is 0 Å². The number of alkyl halides is 3. The summed E-state index contributed by atoms with van der Waals surface area (Å²) in [5.74, 6) is -1.95. The molecule has 34 heavy (non-hydrogen) atoms. The number of nitrogens with zero attached hydrogens (tertiary/aromatic N) is 4. The Hall–Kier alpha value is -3.36. The van der Waals surface area contributed by atoms with Gasteiger partial charge < -0.3 is 9.88 Å². The van der Waals surface area contributed by atoms with E-state index >= 15 is 0 Å². The standard InChI is InChI=1S/C23H22F3N5O2S/c24-23(25,26)15-34(32,33)31-12-19-8-18(10-27)6-7-22(19)30(13-20-11-28-16-29-20)14-21(31)9-17-4-2-1-3-5-17/h1-8,11,16,21H,9,12-15H2,(H,28,29)/t21-/m1/s1. The summed E-state index contributed by atoms with van der Waals surface area (Å²) in [5.41, 5.74) is 3.01. The lowest BCUT2D eigenvalue weighted by Crippen LogP contribution is -2.48. The fourth-order valence-electron chi connectivity index (χ4n) is 4.23. The van der Waals surface area contributed by atoms with Crippen LogP contribution in [0.1, 0.15) is 22.4 Å². The molecule has 1 aliphatic rings. The minimum atomic E-state index is -4.88. The van der Waals surface area contributed by atoms with E-state index in [1.54, 1.807) is 30.5 Å². The number of imidazole rings is 1. The summed E-state index contributed by atoms with van der Waals surface area (Å²) >= 11 is 0. The van der Waals surface area contributed by atoms with Crippen molar-refractivity contribution in [3.8, 4) is 6.07 Å². The van der Waals surface area contributed by atoms with E-state index in [0.29, 0.717) is 23.4 Å². The predicted octanol–water partition coefficient (Wildman–Crippen LogP) is 3.61. The highest BCUT2D eigenvalue weighted by Crippen LogP contribution is 2.33. The topological polar surface area (TPSA) is 93.1 Å². The number of nitrogens with one attached hydrogen (secondary N) is 1. The number of fused-ring (bicyclic) bond motifs is 1. The first-order valence-corrected chi connectivity index (χ1v) is 12.1. The quantitative estimate of drug-likeness (QED) is 0.571. The first-order valence-electron chi connectivity index (χ1n) is 10.5. The van der Waals surface area contributed by atoms with Gasteiger partial charge in [0.1, 0.15) is 0 Å². The van der Waals surface area contributed by atoms with E-state index in [1.165, 1.54) is 12.4 Å². The van der Waals surface area contributed by atoms with Crippen LogP contribution in [0.25, 0.3) is 0 Å². The molecule has 1 aliphatic heterocycles. The van der Waals surface area contributed by atoms with Gasteiger partial charge in [0.05, 0.1) is 30.2 Å². The molecule has 178 valence electrons. The van der Waals surface area contributed by atoms with Crippen molar-refractivity contribution in [2.75, 3.05) is 17.2 Å². The van der Waals surface area contributed by atoms with Crippen LogP contribution in [0.15, 0.2) is 61.1 Å². The molecule has 0 aliphatic carbocycles. The summed E-state index contributed by atoms with van der Waals surface area (Å²) < 4.78 is 66.7. The Morgan fingerprint density at radius 1 is 1.18 bits per heavy atom. The fraction of sp³-hybridized carbons (Fsp3) is 0.304. The number of aromatic nitrogens is 2. The number of nitriles is 1. The second-order valence-electron chi connectivity index (χ2n) is 8.17. The van der Waals surface area contributed by atoms with Crippen LogP contribution in [-0.2, 0) is 29.5 Å². The summed E-state index contributed by atoms with van der Waals surface area (Å²) in [5, 5.41) is 9.35. The molecule has 2 heterocycles. The van der Waals surface area contributed by atoms with Gasteiger partial charge in [-0.05, 0) is 35.7 Å². The summed E-state index contributed by atoms with van der Waals surface area (Å²) in [7, 11) is -4.70. The monoisotopic (exact) mass is 489 g/mol. The smallest absolute Gasteiger partial charge is 0.364 e. The summed E-state index contributed by atoms with van der Waals surface area (Å²) in [6, 6.07) is 15.2. The van der Waals surface area contributed by atoms with Crippen LogP contribution in [0.3, 0.4) is 0 Å². The van der Waals surface area contributed by atoms with Crippen molar-refractivity contribution >= 4 is 15.7 Å². The van der Waals surface area contributed by atoms with Crippen molar-refractivity contribution in [1.29, 1.82) is 5.26 Å². The Morgan fingerprint density at radius 2 is 1.94 bits per heavy atom. The summed E-state index contributed by atoms with van der Waals surface area (Å²) in [6.07, 6.45) is -1.49. The molecule has 0 amide bonds. The van der Waals surface area contributed by atoms with Crippen LogP contribution in [0.4, 0.5) is 18.9 Å². The molecule has 1 N–H and O–H groups in total. The van der Waals surface area contributed by atoms with Gasteiger partial charge in [0.2, 0.25) is 10.0 Å². The van der Waals surface area contributed by atoms with Gasteiger partial charge in [0.25, 0.3) is 0 Å². The fourth-order valence-corrected chi connectivity index (χ4v) is 5.74. The summed E-state index contributed by atoms with van der Waals surface area (Å²) in [4.78, 5) is 8.95. The molecule has 2 aromatic carbocycles. The third kappa shape index (κ3) is 5.58. The van der Waals surface area contributed by atoms with Gasteiger partial charge in [-0.15, -0.1) is 0 Å². The Kier molecular flexibility index (Phi) is 6.63. The van der Waals surface area contributed by atoms with Crippen molar-refractivity contribution < 1.29 is 21.6 Å². The first kappa shape index (κ1) is 23.8. The normalized spacial score (nSPS) is 17.1. The van der Waals surface area contributed by atoms with Gasteiger partial charge in [-0.2, -0.15) is 22.7 Å². The third-order valence-electron chi connectivity index (χ3n) is 5.65. The van der Waals surface area contributed by atoms with Gasteiger partial charge in [-0.3, -0.25) is 0 Å². The molecule has 1 aromatic heterocycles. The van der Waals surface area contributed by atoms with E-state index < -0.39 is 28.0 Å². The van der Waals surface area contributed by atoms with Crippen LogP contribution >= 0.6 is 0 Å². The van der Waals surface area contributed by atoms with Gasteiger partial charge in [0, 0.05) is 31.0 Å². The molecule has 0 unspecified atom stereocenters. The summed E-state index contributed by atoms with van der Waals surface area (Å²) in [6.45, 7) is 0.238. The molecular weight excluding hydrogens is 467 g/mol. The van der Waals surface area contributed by atoms with E-state index in [-0.39, 0.29) is 19.5 Å². The molecule has 0 spiro atoms. The largest absolute Gasteiger partial charge is 0.404 e. The molecule has 4 rings (SSSR count). The number of hydrogen-bond acceptors (Lipinski definition) is 5. The number of aromatic amines is 1. The number of anilines is 1. The van der Waals surface area contributed by atoms with Gasteiger partial charge >= 0.3 is 6.18 Å². The van der Waals surface area contributed by atoms with Crippen molar-refractivity contribution in [2.24, 2.45) is 0 Å². The van der Waals surface area contributed by atoms with Crippen LogP contribution in [0.2, 0.25) is 0 Å². The average molecular weight is 490 g/mol. The van der Waals surface area contributed by atoms with Crippen molar-refractivity contribution in [2.45, 2.75) is 31.7 Å². The van der Waals surface area contributed by atoms with Crippen molar-refractivity contribution in [3.63, 3.8) is 0 Å². The van der Waals surface area contributed by atoms with E-state index in [1.807, 2.05) is 29.2 Å². The van der Waals surface area contributed by atoms with Crippen molar-refractivity contribution in [1.82, 2.24) is 14.3 Å². The predicted molar refractivity (Wildman–Crippen MR) is 120 cm³/mol. The zero-order valence-electron chi connectivity index (χ0n) is 18.0. The van der Waals surface area contributed by atoms with Crippen molar-refractivity contribution in [3.05, 3.63) is 83.4 Å². The second kappa shape index (κ2) is 9.48. The number of H-pyrrole nitrogens is 1. The Morgan fingerprint density at radius 3 is 2.59 bits per heavy atom. The molecule has 7 nitrogen and oxygen atoms in total.